The molecule has 2 saturated heterocycles. The monoisotopic (exact) mass is 303 g/mol. The molecule has 0 aromatic carbocycles. The van der Waals surface area contributed by atoms with E-state index in [9.17, 15) is 8.42 Å². The third-order valence-electron chi connectivity index (χ3n) is 5.03. The fourth-order valence-electron chi connectivity index (χ4n) is 3.41. The molecule has 118 valence electrons. The molecule has 2 atom stereocenters. The lowest BCUT2D eigenvalue weighted by Crippen LogP contribution is -2.52. The molecule has 0 spiro atoms. The standard InChI is InChI=1S/C14H29N3O2S/c1-12-6-4-5-9-17(12)20(18,19)16-10-7-14(8-11-16)13(2)15-3/h12-15H,4-11H2,1-3H3. The predicted octanol–water partition coefficient (Wildman–Crippen LogP) is 1.43. The number of rotatable bonds is 4. The van der Waals surface area contributed by atoms with Crippen molar-refractivity contribution in [1.82, 2.24) is 13.9 Å². The Labute approximate surface area is 123 Å². The van der Waals surface area contributed by atoms with Gasteiger partial charge in [0.05, 0.1) is 0 Å². The van der Waals surface area contributed by atoms with E-state index in [2.05, 4.69) is 12.2 Å². The van der Waals surface area contributed by atoms with Gasteiger partial charge >= 0.3 is 0 Å². The van der Waals surface area contributed by atoms with Crippen LogP contribution in [0.5, 0.6) is 0 Å². The molecule has 5 nitrogen and oxygen atoms in total. The van der Waals surface area contributed by atoms with Gasteiger partial charge in [-0.05, 0) is 52.5 Å². The van der Waals surface area contributed by atoms with Crippen molar-refractivity contribution in [1.29, 1.82) is 0 Å². The molecule has 2 rings (SSSR count). The van der Waals surface area contributed by atoms with Crippen LogP contribution in [-0.2, 0) is 10.2 Å². The summed E-state index contributed by atoms with van der Waals surface area (Å²) in [5.41, 5.74) is 0. The minimum atomic E-state index is -3.24. The van der Waals surface area contributed by atoms with Crippen LogP contribution in [0, 0.1) is 5.92 Å². The Kier molecular flexibility index (Phi) is 5.45. The highest BCUT2D eigenvalue weighted by molar-refractivity contribution is 7.86. The molecule has 0 radical (unpaired) electrons. The van der Waals surface area contributed by atoms with E-state index in [0.717, 1.165) is 32.1 Å². The van der Waals surface area contributed by atoms with Crippen molar-refractivity contribution in [2.45, 2.75) is 58.0 Å². The van der Waals surface area contributed by atoms with E-state index in [1.54, 1.807) is 8.61 Å². The second-order valence-corrected chi connectivity index (χ2v) is 8.16. The quantitative estimate of drug-likeness (QED) is 0.855. The first-order valence-corrected chi connectivity index (χ1v) is 9.30. The normalized spacial score (nSPS) is 29.4. The summed E-state index contributed by atoms with van der Waals surface area (Å²) in [6.45, 7) is 6.24. The van der Waals surface area contributed by atoms with E-state index in [-0.39, 0.29) is 6.04 Å². The SMILES string of the molecule is CNC(C)C1CCN(S(=O)(=O)N2CCCCC2C)CC1. The second kappa shape index (κ2) is 6.73. The summed E-state index contributed by atoms with van der Waals surface area (Å²) in [7, 11) is -1.27. The molecule has 2 unspecified atom stereocenters. The van der Waals surface area contributed by atoms with E-state index < -0.39 is 10.2 Å². The second-order valence-electron chi connectivity index (χ2n) is 6.28. The predicted molar refractivity (Wildman–Crippen MR) is 81.8 cm³/mol. The van der Waals surface area contributed by atoms with Crippen LogP contribution in [0.3, 0.4) is 0 Å². The van der Waals surface area contributed by atoms with Crippen molar-refractivity contribution in [2.75, 3.05) is 26.7 Å². The number of nitrogens with zero attached hydrogens (tertiary/aromatic N) is 2. The van der Waals surface area contributed by atoms with Crippen molar-refractivity contribution in [2.24, 2.45) is 5.92 Å². The Morgan fingerprint density at radius 1 is 1.10 bits per heavy atom. The highest BCUT2D eigenvalue weighted by Crippen LogP contribution is 2.27. The van der Waals surface area contributed by atoms with Crippen LogP contribution in [0.4, 0.5) is 0 Å². The van der Waals surface area contributed by atoms with Gasteiger partial charge in [0.1, 0.15) is 0 Å². The lowest BCUT2D eigenvalue weighted by atomic mass is 9.91. The molecule has 6 heteroatoms. The molecule has 2 aliphatic heterocycles. The third-order valence-corrected chi connectivity index (χ3v) is 7.18. The van der Waals surface area contributed by atoms with Crippen LogP contribution in [0.25, 0.3) is 0 Å². The molecule has 0 amide bonds. The first-order valence-electron chi connectivity index (χ1n) is 7.91. The summed E-state index contributed by atoms with van der Waals surface area (Å²) in [6.07, 6.45) is 5.06. The molecular weight excluding hydrogens is 274 g/mol. The van der Waals surface area contributed by atoms with Gasteiger partial charge in [-0.3, -0.25) is 0 Å². The van der Waals surface area contributed by atoms with E-state index in [1.165, 1.54) is 0 Å². The van der Waals surface area contributed by atoms with Crippen molar-refractivity contribution in [3.05, 3.63) is 0 Å². The van der Waals surface area contributed by atoms with Crippen molar-refractivity contribution in [3.63, 3.8) is 0 Å². The number of hydrogen-bond acceptors (Lipinski definition) is 3. The maximum Gasteiger partial charge on any atom is 0.282 e. The molecule has 0 saturated carbocycles. The summed E-state index contributed by atoms with van der Waals surface area (Å²) in [4.78, 5) is 0. The van der Waals surface area contributed by atoms with Crippen LogP contribution < -0.4 is 5.32 Å². The Balaban J connectivity index is 1.98. The maximum atomic E-state index is 12.7. The molecule has 2 fully saturated rings. The highest BCUT2D eigenvalue weighted by Gasteiger charge is 2.36. The molecule has 0 aromatic heterocycles. The number of hydrogen-bond donors (Lipinski definition) is 1. The van der Waals surface area contributed by atoms with Gasteiger partial charge in [-0.15, -0.1) is 0 Å². The molecule has 2 aliphatic rings. The molecule has 0 bridgehead atoms. The van der Waals surface area contributed by atoms with E-state index >= 15 is 0 Å². The average molecular weight is 303 g/mol. The lowest BCUT2D eigenvalue weighted by Gasteiger charge is -2.40. The van der Waals surface area contributed by atoms with Crippen LogP contribution in [-0.4, -0.2) is 55.8 Å². The number of nitrogens with one attached hydrogen (secondary N) is 1. The highest BCUT2D eigenvalue weighted by atomic mass is 32.2. The zero-order chi connectivity index (χ0) is 14.8. The zero-order valence-electron chi connectivity index (χ0n) is 13.0. The minimum absolute atomic E-state index is 0.155. The van der Waals surface area contributed by atoms with Crippen molar-refractivity contribution in [3.8, 4) is 0 Å². The summed E-state index contributed by atoms with van der Waals surface area (Å²) in [5, 5.41) is 3.28. The number of piperidine rings is 2. The average Bonchev–Trinajstić information content (AvgIpc) is 2.47. The van der Waals surface area contributed by atoms with Gasteiger partial charge in [0.2, 0.25) is 0 Å². The smallest absolute Gasteiger partial charge is 0.282 e. The van der Waals surface area contributed by atoms with E-state index in [4.69, 9.17) is 0 Å². The van der Waals surface area contributed by atoms with Gasteiger partial charge < -0.3 is 5.32 Å². The molecule has 0 aromatic rings. The maximum absolute atomic E-state index is 12.7. The van der Waals surface area contributed by atoms with Gasteiger partial charge in [-0.2, -0.15) is 17.0 Å². The van der Waals surface area contributed by atoms with E-state index in [1.807, 2.05) is 14.0 Å². The largest absolute Gasteiger partial charge is 0.317 e. The zero-order valence-corrected chi connectivity index (χ0v) is 13.8. The van der Waals surface area contributed by atoms with Crippen molar-refractivity contribution >= 4 is 10.2 Å². The molecule has 2 heterocycles. The summed E-state index contributed by atoms with van der Waals surface area (Å²) >= 11 is 0. The van der Waals surface area contributed by atoms with Gasteiger partial charge in [-0.25, -0.2) is 0 Å². The Morgan fingerprint density at radius 3 is 2.30 bits per heavy atom. The van der Waals surface area contributed by atoms with Crippen LogP contribution in [0.2, 0.25) is 0 Å². The van der Waals surface area contributed by atoms with Gasteiger partial charge in [-0.1, -0.05) is 6.42 Å². The molecular formula is C14H29N3O2S. The molecule has 20 heavy (non-hydrogen) atoms. The summed E-state index contributed by atoms with van der Waals surface area (Å²) < 4.78 is 28.9. The molecule has 1 N–H and O–H groups in total. The van der Waals surface area contributed by atoms with Gasteiger partial charge in [0.25, 0.3) is 10.2 Å². The minimum Gasteiger partial charge on any atom is -0.317 e. The third kappa shape index (κ3) is 3.35. The van der Waals surface area contributed by atoms with Gasteiger partial charge in [0.15, 0.2) is 0 Å². The van der Waals surface area contributed by atoms with E-state index in [0.29, 0.717) is 31.6 Å². The summed E-state index contributed by atoms with van der Waals surface area (Å²) in [6, 6.07) is 0.622. The van der Waals surface area contributed by atoms with Crippen LogP contribution >= 0.6 is 0 Å². The van der Waals surface area contributed by atoms with Crippen LogP contribution in [0.1, 0.15) is 46.0 Å². The Hall–Kier alpha value is -0.170. The molecule has 0 aliphatic carbocycles. The van der Waals surface area contributed by atoms with Crippen LogP contribution in [0.15, 0.2) is 0 Å². The topological polar surface area (TPSA) is 52.7 Å². The fourth-order valence-corrected chi connectivity index (χ4v) is 5.29. The lowest BCUT2D eigenvalue weighted by molar-refractivity contribution is 0.203. The summed E-state index contributed by atoms with van der Waals surface area (Å²) in [5.74, 6) is 0.588. The Morgan fingerprint density at radius 2 is 1.75 bits per heavy atom. The Bertz CT molecular complexity index is 405. The fraction of sp³-hybridized carbons (Fsp3) is 1.00. The van der Waals surface area contributed by atoms with Gasteiger partial charge in [0, 0.05) is 31.7 Å². The first-order chi connectivity index (χ1) is 9.46. The first kappa shape index (κ1) is 16.2. The van der Waals surface area contributed by atoms with Crippen molar-refractivity contribution < 1.29 is 8.42 Å².